The van der Waals surface area contributed by atoms with Crippen molar-refractivity contribution in [1.29, 1.82) is 0 Å². The summed E-state index contributed by atoms with van der Waals surface area (Å²) in [6.07, 6.45) is 0. The summed E-state index contributed by atoms with van der Waals surface area (Å²) >= 11 is 0. The Hall–Kier alpha value is -0.160. The standard InChI is InChI=1S/2C7H16O.2C2H6O.H2/c2*1-6(2,3)7(4,5)8;2*1-2-3;/h2*8H,1-5H3;2*3H,2H2,1H3;1H. The van der Waals surface area contributed by atoms with Crippen LogP contribution in [0.1, 0.15) is 84.5 Å². The van der Waals surface area contributed by atoms with E-state index in [1.165, 1.54) is 0 Å². The van der Waals surface area contributed by atoms with Gasteiger partial charge in [0.2, 0.25) is 0 Å². The Morgan fingerprint density at radius 2 is 0.591 bits per heavy atom. The predicted octanol–water partition coefficient (Wildman–Crippen LogP) is 3.85. The summed E-state index contributed by atoms with van der Waals surface area (Å²) in [4.78, 5) is 0. The predicted molar refractivity (Wildman–Crippen MR) is 99.1 cm³/mol. The number of aliphatic hydroxyl groups is 4. The smallest absolute Gasteiger partial charge is 0.0639 e. The molecule has 0 saturated carbocycles. The van der Waals surface area contributed by atoms with Gasteiger partial charge in [-0.05, 0) is 52.4 Å². The van der Waals surface area contributed by atoms with Gasteiger partial charge in [0, 0.05) is 14.6 Å². The molecule has 0 aliphatic rings. The molecule has 4 nitrogen and oxygen atoms in total. The fourth-order valence-corrected chi connectivity index (χ4v) is 0. The van der Waals surface area contributed by atoms with E-state index >= 15 is 0 Å². The first-order chi connectivity index (χ1) is 9.33. The zero-order valence-electron chi connectivity index (χ0n) is 17.2. The molecular weight excluding hydrogens is 280 g/mol. The molecule has 0 fully saturated rings. The first kappa shape index (κ1) is 29.8. The van der Waals surface area contributed by atoms with Gasteiger partial charge in [-0.15, -0.1) is 0 Å². The Kier molecular flexibility index (Phi) is 16.6. The summed E-state index contributed by atoms with van der Waals surface area (Å²) < 4.78 is 0. The Morgan fingerprint density at radius 1 is 0.545 bits per heavy atom. The summed E-state index contributed by atoms with van der Waals surface area (Å²) in [6, 6.07) is 0. The third-order valence-corrected chi connectivity index (χ3v) is 3.67. The second kappa shape index (κ2) is 12.3. The number of hydrogen-bond acceptors (Lipinski definition) is 4. The van der Waals surface area contributed by atoms with Gasteiger partial charge in [0.05, 0.1) is 11.2 Å². The van der Waals surface area contributed by atoms with Crippen LogP contribution in [0.15, 0.2) is 0 Å². The molecule has 0 aliphatic heterocycles. The summed E-state index contributed by atoms with van der Waals surface area (Å²) in [5, 5.41) is 33.8. The van der Waals surface area contributed by atoms with Gasteiger partial charge in [-0.25, -0.2) is 0 Å². The maximum absolute atomic E-state index is 9.35. The molecule has 0 spiro atoms. The Labute approximate surface area is 141 Å². The fourth-order valence-electron chi connectivity index (χ4n) is 0. The van der Waals surface area contributed by atoms with E-state index in [4.69, 9.17) is 10.2 Å². The first-order valence-corrected chi connectivity index (χ1v) is 7.99. The molecule has 0 radical (unpaired) electrons. The average molecular weight is 327 g/mol. The van der Waals surface area contributed by atoms with E-state index in [0.717, 1.165) is 0 Å². The van der Waals surface area contributed by atoms with Crippen LogP contribution < -0.4 is 0 Å². The Morgan fingerprint density at radius 3 is 0.591 bits per heavy atom. The first-order valence-electron chi connectivity index (χ1n) is 7.99. The summed E-state index contributed by atoms with van der Waals surface area (Å²) in [6.45, 7) is 23.3. The summed E-state index contributed by atoms with van der Waals surface area (Å²) in [5.41, 5.74) is -1.14. The van der Waals surface area contributed by atoms with Crippen molar-refractivity contribution in [2.75, 3.05) is 13.2 Å². The molecular formula is C18H46O4. The van der Waals surface area contributed by atoms with Crippen molar-refractivity contribution >= 4 is 0 Å². The highest BCUT2D eigenvalue weighted by Crippen LogP contribution is 2.29. The molecule has 0 aromatic heterocycles. The van der Waals surface area contributed by atoms with E-state index in [1.807, 2.05) is 69.2 Å². The van der Waals surface area contributed by atoms with E-state index in [2.05, 4.69) is 0 Å². The molecule has 0 amide bonds. The van der Waals surface area contributed by atoms with Crippen LogP contribution in [0.5, 0.6) is 0 Å². The molecule has 0 aliphatic carbocycles. The average Bonchev–Trinajstić information content (AvgIpc) is 2.13. The van der Waals surface area contributed by atoms with E-state index in [9.17, 15) is 10.2 Å². The molecule has 0 unspecified atom stereocenters. The van der Waals surface area contributed by atoms with Gasteiger partial charge in [-0.3, -0.25) is 0 Å². The van der Waals surface area contributed by atoms with Crippen molar-refractivity contribution in [2.24, 2.45) is 10.8 Å². The molecule has 0 aromatic rings. The Balaban J connectivity index is -0.0000000680. The topological polar surface area (TPSA) is 80.9 Å². The monoisotopic (exact) mass is 326 g/mol. The van der Waals surface area contributed by atoms with Crippen molar-refractivity contribution in [3.05, 3.63) is 0 Å². The molecule has 22 heavy (non-hydrogen) atoms. The van der Waals surface area contributed by atoms with Crippen LogP contribution in [0.25, 0.3) is 0 Å². The van der Waals surface area contributed by atoms with Crippen LogP contribution in [-0.2, 0) is 0 Å². The quantitative estimate of drug-likeness (QED) is 0.545. The molecule has 0 aromatic carbocycles. The lowest BCUT2D eigenvalue weighted by Gasteiger charge is -2.33. The SMILES string of the molecule is CC(C)(C)C(C)(C)O.CC(C)(C)C(C)(C)O.CCO.CCO.[HH]. The maximum atomic E-state index is 9.35. The highest BCUT2D eigenvalue weighted by molar-refractivity contribution is 4.81. The zero-order valence-corrected chi connectivity index (χ0v) is 17.2. The van der Waals surface area contributed by atoms with Crippen LogP contribution >= 0.6 is 0 Å². The number of rotatable bonds is 0. The second-order valence-corrected chi connectivity index (χ2v) is 8.25. The van der Waals surface area contributed by atoms with Crippen molar-refractivity contribution < 1.29 is 21.9 Å². The molecule has 0 rings (SSSR count). The van der Waals surface area contributed by atoms with Crippen molar-refractivity contribution in [3.63, 3.8) is 0 Å². The van der Waals surface area contributed by atoms with Gasteiger partial charge < -0.3 is 20.4 Å². The third kappa shape index (κ3) is 22.1. The largest absolute Gasteiger partial charge is 0.397 e. The molecule has 0 atom stereocenters. The van der Waals surface area contributed by atoms with Crippen molar-refractivity contribution in [1.82, 2.24) is 0 Å². The maximum Gasteiger partial charge on any atom is 0.0639 e. The van der Waals surface area contributed by atoms with Crippen LogP contribution in [-0.4, -0.2) is 44.8 Å². The molecule has 0 saturated heterocycles. The summed E-state index contributed by atoms with van der Waals surface area (Å²) in [7, 11) is 0. The minimum Gasteiger partial charge on any atom is -0.397 e. The second-order valence-electron chi connectivity index (χ2n) is 8.25. The van der Waals surface area contributed by atoms with Crippen LogP contribution in [0.3, 0.4) is 0 Å². The van der Waals surface area contributed by atoms with E-state index in [0.29, 0.717) is 0 Å². The normalized spacial score (nSPS) is 12.0. The lowest BCUT2D eigenvalue weighted by atomic mass is 9.79. The molecule has 4 heteroatoms. The number of aliphatic hydroxyl groups excluding tert-OH is 2. The van der Waals surface area contributed by atoms with E-state index in [1.54, 1.807) is 13.8 Å². The van der Waals surface area contributed by atoms with Crippen LogP contribution in [0.2, 0.25) is 0 Å². The third-order valence-electron chi connectivity index (χ3n) is 3.67. The van der Waals surface area contributed by atoms with Gasteiger partial charge in [0.15, 0.2) is 0 Å². The lowest BCUT2D eigenvalue weighted by Crippen LogP contribution is -2.35. The minimum atomic E-state index is -0.562. The van der Waals surface area contributed by atoms with Gasteiger partial charge in [-0.2, -0.15) is 0 Å². The van der Waals surface area contributed by atoms with E-state index in [-0.39, 0.29) is 25.5 Å². The molecule has 0 heterocycles. The van der Waals surface area contributed by atoms with Crippen molar-refractivity contribution in [2.45, 2.75) is 94.3 Å². The molecule has 142 valence electrons. The molecule has 0 bridgehead atoms. The van der Waals surface area contributed by atoms with E-state index < -0.39 is 11.2 Å². The highest BCUT2D eigenvalue weighted by atomic mass is 16.3. The zero-order chi connectivity index (χ0) is 19.4. The number of hydrogen-bond donors (Lipinski definition) is 4. The Bertz CT molecular complexity index is 177. The van der Waals surface area contributed by atoms with Crippen LogP contribution in [0.4, 0.5) is 0 Å². The minimum absolute atomic E-state index is 0. The fraction of sp³-hybridized carbons (Fsp3) is 1.00. The van der Waals surface area contributed by atoms with Gasteiger partial charge in [0.25, 0.3) is 0 Å². The van der Waals surface area contributed by atoms with Gasteiger partial charge in [0.1, 0.15) is 0 Å². The summed E-state index contributed by atoms with van der Waals surface area (Å²) in [5.74, 6) is 0. The van der Waals surface area contributed by atoms with Gasteiger partial charge in [-0.1, -0.05) is 41.5 Å². The van der Waals surface area contributed by atoms with Crippen LogP contribution in [0, 0.1) is 10.8 Å². The van der Waals surface area contributed by atoms with Gasteiger partial charge >= 0.3 is 0 Å². The lowest BCUT2D eigenvalue weighted by molar-refractivity contribution is -0.0240. The molecule has 4 N–H and O–H groups in total. The highest BCUT2D eigenvalue weighted by Gasteiger charge is 2.30. The van der Waals surface area contributed by atoms with Crippen molar-refractivity contribution in [3.8, 4) is 0 Å².